The number of aliphatic imine (C=N–C) groups is 1. The Kier molecular flexibility index (Phi) is 12.4. The van der Waals surface area contributed by atoms with Gasteiger partial charge in [-0.3, -0.25) is 9.89 Å². The molecule has 1 aliphatic heterocycles. The largest absolute Gasteiger partial charge is 0.494 e. The quantitative estimate of drug-likeness (QED) is 0.202. The maximum absolute atomic E-state index is 5.79. The molecule has 0 unspecified atom stereocenters. The van der Waals surface area contributed by atoms with Crippen LogP contribution in [0, 0.1) is 6.92 Å². The van der Waals surface area contributed by atoms with Gasteiger partial charge in [0, 0.05) is 39.8 Å². The molecule has 0 bridgehead atoms. The number of hydrogen-bond donors (Lipinski definition) is 2. The van der Waals surface area contributed by atoms with E-state index in [-0.39, 0.29) is 24.0 Å². The van der Waals surface area contributed by atoms with Gasteiger partial charge in [-0.15, -0.1) is 24.0 Å². The molecule has 3 rings (SSSR count). The summed E-state index contributed by atoms with van der Waals surface area (Å²) in [7, 11) is 1.81. The van der Waals surface area contributed by atoms with Crippen molar-refractivity contribution < 1.29 is 9.47 Å². The third-order valence-electron chi connectivity index (χ3n) is 5.44. The number of unbranched alkanes of at least 4 members (excludes halogenated alkanes) is 1. The highest BCUT2D eigenvalue weighted by Crippen LogP contribution is 2.13. The Labute approximate surface area is 209 Å². The van der Waals surface area contributed by atoms with E-state index in [1.54, 1.807) is 0 Å². The van der Waals surface area contributed by atoms with Crippen molar-refractivity contribution in [3.05, 3.63) is 65.2 Å². The molecule has 0 spiro atoms. The van der Waals surface area contributed by atoms with Gasteiger partial charge in [0.2, 0.25) is 0 Å². The van der Waals surface area contributed by atoms with Crippen molar-refractivity contribution in [1.82, 2.24) is 15.5 Å². The Morgan fingerprint density at radius 2 is 1.72 bits per heavy atom. The third-order valence-corrected chi connectivity index (χ3v) is 5.44. The third kappa shape index (κ3) is 9.34. The Bertz CT molecular complexity index is 808. The van der Waals surface area contributed by atoms with Crippen LogP contribution >= 0.6 is 24.0 Å². The lowest BCUT2D eigenvalue weighted by molar-refractivity contribution is 0.0341. The van der Waals surface area contributed by atoms with Crippen molar-refractivity contribution in [2.75, 3.05) is 46.5 Å². The lowest BCUT2D eigenvalue weighted by Gasteiger charge is -2.27. The van der Waals surface area contributed by atoms with Gasteiger partial charge in [0.05, 0.1) is 19.8 Å². The second-order valence-corrected chi connectivity index (χ2v) is 7.88. The molecule has 1 aliphatic rings. The number of hydrogen-bond acceptors (Lipinski definition) is 4. The molecule has 1 heterocycles. The van der Waals surface area contributed by atoms with Crippen LogP contribution in [0.2, 0.25) is 0 Å². The van der Waals surface area contributed by atoms with Crippen molar-refractivity contribution in [2.24, 2.45) is 4.99 Å². The Morgan fingerprint density at radius 3 is 2.44 bits per heavy atom. The second kappa shape index (κ2) is 15.1. The maximum Gasteiger partial charge on any atom is 0.191 e. The Hall–Kier alpha value is -1.84. The van der Waals surface area contributed by atoms with Crippen LogP contribution in [0.1, 0.15) is 29.5 Å². The summed E-state index contributed by atoms with van der Waals surface area (Å²) in [6, 6.07) is 16.8. The highest BCUT2D eigenvalue weighted by Gasteiger charge is 2.12. The van der Waals surface area contributed by atoms with Crippen LogP contribution in [0.4, 0.5) is 0 Å². The smallest absolute Gasteiger partial charge is 0.191 e. The van der Waals surface area contributed by atoms with Crippen molar-refractivity contribution in [3.63, 3.8) is 0 Å². The van der Waals surface area contributed by atoms with Crippen LogP contribution in [-0.2, 0) is 17.8 Å². The minimum absolute atomic E-state index is 0. The van der Waals surface area contributed by atoms with E-state index >= 15 is 0 Å². The summed E-state index contributed by atoms with van der Waals surface area (Å²) in [5.74, 6) is 1.77. The first kappa shape index (κ1) is 26.4. The van der Waals surface area contributed by atoms with Crippen LogP contribution in [0.5, 0.6) is 5.75 Å². The molecule has 0 aromatic heterocycles. The Morgan fingerprint density at radius 1 is 1.00 bits per heavy atom. The Balaban J connectivity index is 0.00000363. The summed E-state index contributed by atoms with van der Waals surface area (Å²) in [6.45, 7) is 9.05. The number of benzene rings is 2. The van der Waals surface area contributed by atoms with E-state index in [2.05, 4.69) is 63.8 Å². The molecule has 0 aliphatic carbocycles. The first-order valence-electron chi connectivity index (χ1n) is 11.3. The second-order valence-electron chi connectivity index (χ2n) is 7.88. The number of nitrogens with zero attached hydrogens (tertiary/aromatic N) is 2. The average molecular weight is 553 g/mol. The minimum atomic E-state index is 0. The van der Waals surface area contributed by atoms with Gasteiger partial charge in [-0.2, -0.15) is 0 Å². The number of rotatable bonds is 10. The molecule has 6 nitrogen and oxygen atoms in total. The van der Waals surface area contributed by atoms with Crippen LogP contribution in [0.25, 0.3) is 0 Å². The summed E-state index contributed by atoms with van der Waals surface area (Å²) < 4.78 is 11.3. The minimum Gasteiger partial charge on any atom is -0.494 e. The highest BCUT2D eigenvalue weighted by atomic mass is 127. The van der Waals surface area contributed by atoms with Gasteiger partial charge >= 0.3 is 0 Å². The molecule has 32 heavy (non-hydrogen) atoms. The number of halogens is 1. The molecule has 1 fully saturated rings. The van der Waals surface area contributed by atoms with E-state index < -0.39 is 0 Å². The molecule has 0 radical (unpaired) electrons. The lowest BCUT2D eigenvalue weighted by atomic mass is 10.1. The predicted octanol–water partition coefficient (Wildman–Crippen LogP) is 3.97. The van der Waals surface area contributed by atoms with E-state index in [4.69, 9.17) is 9.47 Å². The molecular formula is C25H37IN4O2. The van der Waals surface area contributed by atoms with E-state index in [9.17, 15) is 0 Å². The molecule has 2 N–H and O–H groups in total. The monoisotopic (exact) mass is 552 g/mol. The maximum atomic E-state index is 5.79. The van der Waals surface area contributed by atoms with Crippen LogP contribution in [-0.4, -0.2) is 57.4 Å². The zero-order chi connectivity index (χ0) is 21.7. The van der Waals surface area contributed by atoms with Gasteiger partial charge in [-0.1, -0.05) is 42.0 Å². The van der Waals surface area contributed by atoms with Crippen molar-refractivity contribution in [1.29, 1.82) is 0 Å². The fourth-order valence-corrected chi connectivity index (χ4v) is 3.54. The van der Waals surface area contributed by atoms with Crippen LogP contribution < -0.4 is 15.4 Å². The van der Waals surface area contributed by atoms with Crippen molar-refractivity contribution >= 4 is 29.9 Å². The van der Waals surface area contributed by atoms with E-state index in [1.807, 2.05) is 19.2 Å². The van der Waals surface area contributed by atoms with E-state index in [1.165, 1.54) is 16.7 Å². The first-order chi connectivity index (χ1) is 15.2. The standard InChI is InChI=1S/C25H36N4O2.HI/c1-21-9-11-24(12-10-21)31-16-6-5-13-27-25(26-2)28-19-22-7-3-4-8-23(22)20-29-14-17-30-18-15-29;/h3-4,7-12H,5-6,13-20H2,1-2H3,(H2,26,27,28);1H. The van der Waals surface area contributed by atoms with Gasteiger partial charge in [0.1, 0.15) is 5.75 Å². The number of aryl methyl sites for hydroxylation is 1. The van der Waals surface area contributed by atoms with Crippen LogP contribution in [0.3, 0.4) is 0 Å². The van der Waals surface area contributed by atoms with Crippen LogP contribution in [0.15, 0.2) is 53.5 Å². The fraction of sp³-hybridized carbons (Fsp3) is 0.480. The molecule has 176 valence electrons. The number of morpholine rings is 1. The molecule has 0 saturated carbocycles. The van der Waals surface area contributed by atoms with Crippen molar-refractivity contribution in [2.45, 2.75) is 32.9 Å². The predicted molar refractivity (Wildman–Crippen MR) is 142 cm³/mol. The highest BCUT2D eigenvalue weighted by molar-refractivity contribution is 14.0. The van der Waals surface area contributed by atoms with Gasteiger partial charge in [-0.25, -0.2) is 0 Å². The van der Waals surface area contributed by atoms with Gasteiger partial charge < -0.3 is 20.1 Å². The van der Waals surface area contributed by atoms with Crippen molar-refractivity contribution in [3.8, 4) is 5.75 Å². The molecule has 0 atom stereocenters. The summed E-state index contributed by atoms with van der Waals surface area (Å²) in [6.07, 6.45) is 2.03. The van der Waals surface area contributed by atoms with Gasteiger partial charge in [0.25, 0.3) is 0 Å². The average Bonchev–Trinajstić information content (AvgIpc) is 2.81. The number of ether oxygens (including phenoxy) is 2. The van der Waals surface area contributed by atoms with E-state index in [0.29, 0.717) is 0 Å². The molecule has 0 amide bonds. The van der Waals surface area contributed by atoms with E-state index in [0.717, 1.165) is 77.1 Å². The van der Waals surface area contributed by atoms with Gasteiger partial charge in [-0.05, 0) is 43.0 Å². The summed E-state index contributed by atoms with van der Waals surface area (Å²) >= 11 is 0. The fourth-order valence-electron chi connectivity index (χ4n) is 3.54. The normalized spacial score (nSPS) is 14.5. The SMILES string of the molecule is CN=C(NCCCCOc1ccc(C)cc1)NCc1ccccc1CN1CCOCC1.I. The summed E-state index contributed by atoms with van der Waals surface area (Å²) in [5.41, 5.74) is 3.92. The zero-order valence-electron chi connectivity index (χ0n) is 19.3. The van der Waals surface area contributed by atoms with Gasteiger partial charge in [0.15, 0.2) is 5.96 Å². The first-order valence-corrected chi connectivity index (χ1v) is 11.3. The molecule has 7 heteroatoms. The molecular weight excluding hydrogens is 515 g/mol. The topological polar surface area (TPSA) is 58.1 Å². The number of nitrogens with one attached hydrogen (secondary N) is 2. The summed E-state index contributed by atoms with van der Waals surface area (Å²) in [4.78, 5) is 6.81. The zero-order valence-corrected chi connectivity index (χ0v) is 21.6. The number of guanidine groups is 1. The summed E-state index contributed by atoms with van der Waals surface area (Å²) in [5, 5.41) is 6.85. The molecule has 2 aromatic rings. The lowest BCUT2D eigenvalue weighted by Crippen LogP contribution is -2.38. The molecule has 1 saturated heterocycles. The molecule has 2 aromatic carbocycles.